The molecule has 0 saturated carbocycles. The molecule has 3 nitrogen and oxygen atoms in total. The number of hydrogen-bond donors (Lipinski definition) is 1. The van der Waals surface area contributed by atoms with E-state index < -0.39 is 5.91 Å². The highest BCUT2D eigenvalue weighted by molar-refractivity contribution is 7.99. The molecule has 1 aromatic rings. The van der Waals surface area contributed by atoms with Gasteiger partial charge in [-0.1, -0.05) is 0 Å². The first kappa shape index (κ1) is 10.2. The zero-order chi connectivity index (χ0) is 10.7. The standard InChI is InChI=1S/C11H11NO2S/c13-7-11(14)12-9-3-4-10-8(6-9)2-1-5-15-10/h3-4,6-7H,1-2,5H2,(H,12,14). The van der Waals surface area contributed by atoms with Gasteiger partial charge in [-0.3, -0.25) is 9.59 Å². The summed E-state index contributed by atoms with van der Waals surface area (Å²) in [5.41, 5.74) is 1.96. The molecule has 1 heterocycles. The summed E-state index contributed by atoms with van der Waals surface area (Å²) in [4.78, 5) is 22.3. The van der Waals surface area contributed by atoms with Crippen LogP contribution in [0.15, 0.2) is 23.1 Å². The van der Waals surface area contributed by atoms with Crippen molar-refractivity contribution in [1.82, 2.24) is 0 Å². The van der Waals surface area contributed by atoms with Gasteiger partial charge in [0.05, 0.1) is 0 Å². The van der Waals surface area contributed by atoms with Crippen LogP contribution < -0.4 is 5.32 Å². The van der Waals surface area contributed by atoms with Crippen LogP contribution >= 0.6 is 11.8 Å². The van der Waals surface area contributed by atoms with E-state index in [0.29, 0.717) is 5.69 Å². The number of hydrogen-bond acceptors (Lipinski definition) is 3. The predicted octanol–water partition coefficient (Wildman–Crippen LogP) is 1.86. The lowest BCUT2D eigenvalue weighted by Crippen LogP contribution is -2.12. The highest BCUT2D eigenvalue weighted by Gasteiger charge is 2.10. The predicted molar refractivity (Wildman–Crippen MR) is 60.2 cm³/mol. The summed E-state index contributed by atoms with van der Waals surface area (Å²) in [6, 6.07) is 5.78. The molecule has 15 heavy (non-hydrogen) atoms. The summed E-state index contributed by atoms with van der Waals surface area (Å²) in [6.45, 7) is 0. The van der Waals surface area contributed by atoms with Crippen LogP contribution in [0.25, 0.3) is 0 Å². The van der Waals surface area contributed by atoms with Gasteiger partial charge >= 0.3 is 0 Å². The molecule has 0 unspecified atom stereocenters. The first-order valence-corrected chi connectivity index (χ1v) is 5.80. The lowest BCUT2D eigenvalue weighted by Gasteiger charge is -2.15. The average molecular weight is 221 g/mol. The lowest BCUT2D eigenvalue weighted by atomic mass is 10.1. The zero-order valence-electron chi connectivity index (χ0n) is 8.16. The van der Waals surface area contributed by atoms with Gasteiger partial charge in [-0.25, -0.2) is 0 Å². The third-order valence-corrected chi connectivity index (χ3v) is 3.49. The topological polar surface area (TPSA) is 46.2 Å². The Morgan fingerprint density at radius 3 is 3.13 bits per heavy atom. The maximum Gasteiger partial charge on any atom is 0.288 e. The maximum absolute atomic E-state index is 10.9. The fourth-order valence-electron chi connectivity index (χ4n) is 1.61. The summed E-state index contributed by atoms with van der Waals surface area (Å²) >= 11 is 1.84. The van der Waals surface area contributed by atoms with E-state index in [1.54, 1.807) is 0 Å². The Morgan fingerprint density at radius 2 is 2.33 bits per heavy atom. The van der Waals surface area contributed by atoms with Crippen LogP contribution in [0.1, 0.15) is 12.0 Å². The highest BCUT2D eigenvalue weighted by atomic mass is 32.2. The van der Waals surface area contributed by atoms with Crippen molar-refractivity contribution in [2.75, 3.05) is 11.1 Å². The van der Waals surface area contributed by atoms with Crippen molar-refractivity contribution in [3.63, 3.8) is 0 Å². The van der Waals surface area contributed by atoms with Crippen LogP contribution in [0.5, 0.6) is 0 Å². The fourth-order valence-corrected chi connectivity index (χ4v) is 2.63. The number of aryl methyl sites for hydroxylation is 1. The number of fused-ring (bicyclic) bond motifs is 1. The van der Waals surface area contributed by atoms with Gasteiger partial charge in [-0.2, -0.15) is 0 Å². The van der Waals surface area contributed by atoms with Crippen molar-refractivity contribution in [1.29, 1.82) is 0 Å². The average Bonchev–Trinajstić information content (AvgIpc) is 2.29. The Kier molecular flexibility index (Phi) is 3.06. The summed E-state index contributed by atoms with van der Waals surface area (Å²) in [5.74, 6) is 0.561. The molecule has 0 bridgehead atoms. The van der Waals surface area contributed by atoms with Gasteiger partial charge in [-0.05, 0) is 42.4 Å². The minimum atomic E-state index is -0.599. The molecular weight excluding hydrogens is 210 g/mol. The lowest BCUT2D eigenvalue weighted by molar-refractivity contribution is -0.127. The molecule has 1 amide bonds. The zero-order valence-corrected chi connectivity index (χ0v) is 8.97. The molecule has 0 radical (unpaired) electrons. The quantitative estimate of drug-likeness (QED) is 0.612. The van der Waals surface area contributed by atoms with E-state index >= 15 is 0 Å². The Morgan fingerprint density at radius 1 is 1.47 bits per heavy atom. The summed E-state index contributed by atoms with van der Waals surface area (Å²) < 4.78 is 0. The second-order valence-electron chi connectivity index (χ2n) is 3.38. The monoisotopic (exact) mass is 221 g/mol. The minimum Gasteiger partial charge on any atom is -0.320 e. The van der Waals surface area contributed by atoms with Crippen LogP contribution in [0.2, 0.25) is 0 Å². The molecule has 0 aliphatic carbocycles. The molecule has 0 fully saturated rings. The molecule has 78 valence electrons. The van der Waals surface area contributed by atoms with E-state index in [1.165, 1.54) is 16.9 Å². The van der Waals surface area contributed by atoms with Crippen molar-refractivity contribution in [3.8, 4) is 0 Å². The van der Waals surface area contributed by atoms with E-state index in [2.05, 4.69) is 5.32 Å². The van der Waals surface area contributed by atoms with E-state index in [-0.39, 0.29) is 6.29 Å². The molecule has 1 aromatic carbocycles. The van der Waals surface area contributed by atoms with Gasteiger partial charge in [0.2, 0.25) is 6.29 Å². The third-order valence-electron chi connectivity index (χ3n) is 2.28. The van der Waals surface area contributed by atoms with Gasteiger partial charge in [0.1, 0.15) is 0 Å². The number of thioether (sulfide) groups is 1. The van der Waals surface area contributed by atoms with Gasteiger partial charge in [-0.15, -0.1) is 11.8 Å². The molecular formula is C11H11NO2S. The van der Waals surface area contributed by atoms with Crippen molar-refractivity contribution < 1.29 is 9.59 Å². The van der Waals surface area contributed by atoms with Gasteiger partial charge in [0, 0.05) is 10.6 Å². The molecule has 2 rings (SSSR count). The molecule has 1 aliphatic heterocycles. The Hall–Kier alpha value is -1.29. The van der Waals surface area contributed by atoms with E-state index in [4.69, 9.17) is 0 Å². The number of aldehydes is 1. The second kappa shape index (κ2) is 4.49. The van der Waals surface area contributed by atoms with E-state index in [0.717, 1.165) is 12.2 Å². The summed E-state index contributed by atoms with van der Waals surface area (Å²) in [7, 11) is 0. The normalized spacial score (nSPS) is 14.1. The number of rotatable bonds is 2. The fraction of sp³-hybridized carbons (Fsp3) is 0.273. The SMILES string of the molecule is O=CC(=O)Nc1ccc2c(c1)CCCS2. The first-order chi connectivity index (χ1) is 7.29. The maximum atomic E-state index is 10.9. The van der Waals surface area contributed by atoms with Crippen molar-refractivity contribution in [2.45, 2.75) is 17.7 Å². The van der Waals surface area contributed by atoms with Crippen molar-refractivity contribution >= 4 is 29.6 Å². The number of amides is 1. The Balaban J connectivity index is 2.20. The first-order valence-electron chi connectivity index (χ1n) is 4.81. The van der Waals surface area contributed by atoms with Crippen molar-refractivity contribution in [3.05, 3.63) is 23.8 Å². The van der Waals surface area contributed by atoms with Crippen molar-refractivity contribution in [2.24, 2.45) is 0 Å². The van der Waals surface area contributed by atoms with Crippen LogP contribution in [-0.4, -0.2) is 17.9 Å². The Labute approximate surface area is 92.2 Å². The number of carbonyl (C=O) groups excluding carboxylic acids is 2. The summed E-state index contributed by atoms with van der Waals surface area (Å²) in [5, 5.41) is 2.53. The second-order valence-corrected chi connectivity index (χ2v) is 4.52. The van der Waals surface area contributed by atoms with E-state index in [1.807, 2.05) is 30.0 Å². The molecule has 0 spiro atoms. The van der Waals surface area contributed by atoms with E-state index in [9.17, 15) is 9.59 Å². The highest BCUT2D eigenvalue weighted by Crippen LogP contribution is 2.31. The number of anilines is 1. The molecule has 0 atom stereocenters. The minimum absolute atomic E-state index is 0.286. The van der Waals surface area contributed by atoms with Crippen LogP contribution in [0.3, 0.4) is 0 Å². The summed E-state index contributed by atoms with van der Waals surface area (Å²) in [6.07, 6.45) is 2.50. The third kappa shape index (κ3) is 2.39. The van der Waals surface area contributed by atoms with Crippen LogP contribution in [0, 0.1) is 0 Å². The van der Waals surface area contributed by atoms with Crippen LogP contribution in [0.4, 0.5) is 5.69 Å². The van der Waals surface area contributed by atoms with Gasteiger partial charge in [0.15, 0.2) is 0 Å². The number of benzene rings is 1. The molecule has 4 heteroatoms. The largest absolute Gasteiger partial charge is 0.320 e. The Bertz CT molecular complexity index is 404. The van der Waals surface area contributed by atoms with Crippen LogP contribution in [-0.2, 0) is 16.0 Å². The number of carbonyl (C=O) groups is 2. The molecule has 1 aliphatic rings. The van der Waals surface area contributed by atoms with Gasteiger partial charge in [0.25, 0.3) is 5.91 Å². The van der Waals surface area contributed by atoms with Gasteiger partial charge < -0.3 is 5.32 Å². The molecule has 0 saturated heterocycles. The smallest absolute Gasteiger partial charge is 0.288 e. The molecule has 1 N–H and O–H groups in total. The molecule has 0 aromatic heterocycles. The number of nitrogens with one attached hydrogen (secondary N) is 1.